The van der Waals surface area contributed by atoms with Crippen molar-refractivity contribution >= 4 is 15.9 Å². The van der Waals surface area contributed by atoms with Crippen molar-refractivity contribution in [2.75, 3.05) is 0 Å². The number of pyridine rings is 1. The molecule has 2 rings (SSSR count). The number of hydrogen-bond acceptors (Lipinski definition) is 2. The van der Waals surface area contributed by atoms with Crippen LogP contribution in [0.15, 0.2) is 40.9 Å². The van der Waals surface area contributed by atoms with Crippen LogP contribution < -0.4 is 0 Å². The average Bonchev–Trinajstić information content (AvgIpc) is 2.32. The van der Waals surface area contributed by atoms with Crippen molar-refractivity contribution in [1.82, 2.24) is 4.98 Å². The smallest absolute Gasteiger partial charge is 0.0848 e. The number of nitrogens with zero attached hydrogens (tertiary/aromatic N) is 1. The van der Waals surface area contributed by atoms with Crippen LogP contribution in [0.4, 0.5) is 0 Å². The summed E-state index contributed by atoms with van der Waals surface area (Å²) >= 11 is 3.50. The zero-order valence-electron chi connectivity index (χ0n) is 10.5. The van der Waals surface area contributed by atoms with Crippen molar-refractivity contribution in [3.05, 3.63) is 63.4 Å². The molecule has 1 N–H and O–H groups in total. The first-order valence-corrected chi connectivity index (χ1v) is 6.73. The standard InChI is InChI=1S/C15H16BrNO/c1-10-7-8-13(11(2)17-10)15(18)9-12-5-3-4-6-14(12)16/h3-8,15,18H,9H2,1-2H3. The molecular formula is C15H16BrNO. The van der Waals surface area contributed by atoms with Crippen molar-refractivity contribution in [3.8, 4) is 0 Å². The van der Waals surface area contributed by atoms with Gasteiger partial charge in [-0.1, -0.05) is 40.2 Å². The van der Waals surface area contributed by atoms with Crippen LogP contribution in [0.1, 0.15) is 28.6 Å². The van der Waals surface area contributed by atoms with Crippen LogP contribution in [-0.2, 0) is 6.42 Å². The lowest BCUT2D eigenvalue weighted by Gasteiger charge is -2.14. The number of aromatic nitrogens is 1. The van der Waals surface area contributed by atoms with Crippen LogP contribution in [0.3, 0.4) is 0 Å². The fraction of sp³-hybridized carbons (Fsp3) is 0.267. The summed E-state index contributed by atoms with van der Waals surface area (Å²) in [6.07, 6.45) is 0.0734. The Bertz CT molecular complexity index is 554. The maximum absolute atomic E-state index is 10.3. The number of benzene rings is 1. The minimum atomic E-state index is -0.517. The largest absolute Gasteiger partial charge is 0.388 e. The predicted octanol–water partition coefficient (Wildman–Crippen LogP) is 3.74. The summed E-state index contributed by atoms with van der Waals surface area (Å²) in [6, 6.07) is 11.9. The van der Waals surface area contributed by atoms with Crippen LogP contribution >= 0.6 is 15.9 Å². The van der Waals surface area contributed by atoms with Gasteiger partial charge in [-0.3, -0.25) is 4.98 Å². The van der Waals surface area contributed by atoms with Crippen molar-refractivity contribution in [2.45, 2.75) is 26.4 Å². The fourth-order valence-electron chi connectivity index (χ4n) is 2.03. The van der Waals surface area contributed by atoms with Gasteiger partial charge in [0.2, 0.25) is 0 Å². The fourth-order valence-corrected chi connectivity index (χ4v) is 2.48. The van der Waals surface area contributed by atoms with Gasteiger partial charge in [-0.15, -0.1) is 0 Å². The Kier molecular flexibility index (Phi) is 4.15. The summed E-state index contributed by atoms with van der Waals surface area (Å²) in [6.45, 7) is 3.89. The zero-order valence-corrected chi connectivity index (χ0v) is 12.1. The number of rotatable bonds is 3. The molecule has 0 amide bonds. The maximum Gasteiger partial charge on any atom is 0.0848 e. The van der Waals surface area contributed by atoms with E-state index in [1.165, 1.54) is 0 Å². The molecule has 0 fully saturated rings. The van der Waals surface area contributed by atoms with Gasteiger partial charge in [-0.05, 0) is 31.5 Å². The van der Waals surface area contributed by atoms with E-state index < -0.39 is 6.10 Å². The molecule has 0 bridgehead atoms. The van der Waals surface area contributed by atoms with E-state index in [2.05, 4.69) is 20.9 Å². The molecule has 94 valence electrons. The molecule has 0 spiro atoms. The van der Waals surface area contributed by atoms with Gasteiger partial charge in [0.25, 0.3) is 0 Å². The molecule has 1 atom stereocenters. The lowest BCUT2D eigenvalue weighted by molar-refractivity contribution is 0.177. The van der Waals surface area contributed by atoms with Gasteiger partial charge in [-0.25, -0.2) is 0 Å². The minimum Gasteiger partial charge on any atom is -0.388 e. The molecule has 1 aromatic heterocycles. The Morgan fingerprint density at radius 1 is 1.17 bits per heavy atom. The number of halogens is 1. The molecule has 0 saturated carbocycles. The second-order valence-electron chi connectivity index (χ2n) is 4.44. The highest BCUT2D eigenvalue weighted by atomic mass is 79.9. The molecule has 2 nitrogen and oxygen atoms in total. The van der Waals surface area contributed by atoms with Gasteiger partial charge in [0.05, 0.1) is 6.10 Å². The quantitative estimate of drug-likeness (QED) is 0.937. The Balaban J connectivity index is 2.22. The normalized spacial score (nSPS) is 12.4. The zero-order chi connectivity index (χ0) is 13.1. The number of aliphatic hydroxyl groups is 1. The highest BCUT2D eigenvalue weighted by Gasteiger charge is 2.13. The predicted molar refractivity (Wildman–Crippen MR) is 76.5 cm³/mol. The second-order valence-corrected chi connectivity index (χ2v) is 5.29. The summed E-state index contributed by atoms with van der Waals surface area (Å²) in [5.74, 6) is 0. The molecule has 1 aromatic carbocycles. The van der Waals surface area contributed by atoms with Crippen molar-refractivity contribution in [2.24, 2.45) is 0 Å². The number of aliphatic hydroxyl groups excluding tert-OH is 1. The van der Waals surface area contributed by atoms with Crippen LogP contribution in [0, 0.1) is 13.8 Å². The Morgan fingerprint density at radius 3 is 2.56 bits per heavy atom. The summed E-state index contributed by atoms with van der Waals surface area (Å²) in [5.41, 5.74) is 3.88. The number of hydrogen-bond donors (Lipinski definition) is 1. The SMILES string of the molecule is Cc1ccc(C(O)Cc2ccccc2Br)c(C)n1. The summed E-state index contributed by atoms with van der Waals surface area (Å²) < 4.78 is 1.03. The van der Waals surface area contributed by atoms with E-state index in [1.54, 1.807) is 0 Å². The molecule has 0 radical (unpaired) electrons. The van der Waals surface area contributed by atoms with Crippen LogP contribution in [0.5, 0.6) is 0 Å². The summed E-state index contributed by atoms with van der Waals surface area (Å²) in [7, 11) is 0. The van der Waals surface area contributed by atoms with Crippen molar-refractivity contribution in [1.29, 1.82) is 0 Å². The van der Waals surface area contributed by atoms with E-state index >= 15 is 0 Å². The molecule has 1 unspecified atom stereocenters. The Hall–Kier alpha value is -1.19. The molecule has 1 heterocycles. The average molecular weight is 306 g/mol. The molecule has 0 aliphatic rings. The van der Waals surface area contributed by atoms with E-state index in [4.69, 9.17) is 0 Å². The van der Waals surface area contributed by atoms with E-state index in [0.717, 1.165) is 27.0 Å². The lowest BCUT2D eigenvalue weighted by Crippen LogP contribution is -2.06. The molecule has 18 heavy (non-hydrogen) atoms. The van der Waals surface area contributed by atoms with Crippen LogP contribution in [0.25, 0.3) is 0 Å². The highest BCUT2D eigenvalue weighted by molar-refractivity contribution is 9.10. The lowest BCUT2D eigenvalue weighted by atomic mass is 10.0. The third kappa shape index (κ3) is 2.98. The first kappa shape index (κ1) is 13.2. The molecule has 0 aliphatic heterocycles. The molecule has 0 saturated heterocycles. The third-order valence-electron chi connectivity index (χ3n) is 3.00. The van der Waals surface area contributed by atoms with E-state index in [1.807, 2.05) is 50.2 Å². The first-order chi connectivity index (χ1) is 8.58. The van der Waals surface area contributed by atoms with Gasteiger partial charge in [0.15, 0.2) is 0 Å². The molecule has 0 aliphatic carbocycles. The molecule has 3 heteroatoms. The van der Waals surface area contributed by atoms with Gasteiger partial charge in [0, 0.05) is 27.8 Å². The summed E-state index contributed by atoms with van der Waals surface area (Å²) in [4.78, 5) is 4.39. The van der Waals surface area contributed by atoms with E-state index in [0.29, 0.717) is 6.42 Å². The molecular weight excluding hydrogens is 290 g/mol. The minimum absolute atomic E-state index is 0.517. The van der Waals surface area contributed by atoms with Crippen LogP contribution in [0.2, 0.25) is 0 Å². The van der Waals surface area contributed by atoms with Crippen molar-refractivity contribution < 1.29 is 5.11 Å². The monoisotopic (exact) mass is 305 g/mol. The molecule has 2 aromatic rings. The van der Waals surface area contributed by atoms with E-state index in [-0.39, 0.29) is 0 Å². The van der Waals surface area contributed by atoms with Crippen LogP contribution in [-0.4, -0.2) is 10.1 Å². The third-order valence-corrected chi connectivity index (χ3v) is 3.77. The maximum atomic E-state index is 10.3. The van der Waals surface area contributed by atoms with Gasteiger partial charge in [-0.2, -0.15) is 0 Å². The van der Waals surface area contributed by atoms with Gasteiger partial charge in [0.1, 0.15) is 0 Å². The second kappa shape index (κ2) is 5.63. The Labute approximate surface area is 116 Å². The first-order valence-electron chi connectivity index (χ1n) is 5.93. The van der Waals surface area contributed by atoms with E-state index in [9.17, 15) is 5.11 Å². The highest BCUT2D eigenvalue weighted by Crippen LogP contribution is 2.25. The van der Waals surface area contributed by atoms with Gasteiger partial charge >= 0.3 is 0 Å². The Morgan fingerprint density at radius 2 is 1.89 bits per heavy atom. The van der Waals surface area contributed by atoms with Gasteiger partial charge < -0.3 is 5.11 Å². The van der Waals surface area contributed by atoms with Crippen molar-refractivity contribution in [3.63, 3.8) is 0 Å². The summed E-state index contributed by atoms with van der Waals surface area (Å²) in [5, 5.41) is 10.3. The number of aryl methyl sites for hydroxylation is 2. The topological polar surface area (TPSA) is 33.1 Å².